The van der Waals surface area contributed by atoms with Crippen molar-refractivity contribution in [3.8, 4) is 11.5 Å². The highest BCUT2D eigenvalue weighted by molar-refractivity contribution is 5.98. The van der Waals surface area contributed by atoms with Gasteiger partial charge in [0.2, 0.25) is 0 Å². The molecule has 0 saturated carbocycles. The number of halogens is 1. The lowest BCUT2D eigenvalue weighted by atomic mass is 10.1. The lowest BCUT2D eigenvalue weighted by Gasteiger charge is -2.27. The molecular formula is C14H20ClN3O4. The Kier molecular flexibility index (Phi) is 6.94. The molecule has 1 aliphatic rings. The zero-order valence-electron chi connectivity index (χ0n) is 12.3. The van der Waals surface area contributed by atoms with Crippen molar-refractivity contribution in [3.63, 3.8) is 0 Å². The second kappa shape index (κ2) is 8.45. The molecule has 0 bridgehead atoms. The van der Waals surface area contributed by atoms with Gasteiger partial charge in [-0.2, -0.15) is 0 Å². The number of ether oxygens (including phenoxy) is 3. The molecule has 1 amide bonds. The van der Waals surface area contributed by atoms with Gasteiger partial charge in [0.05, 0.1) is 25.9 Å². The minimum atomic E-state index is -0.136. The van der Waals surface area contributed by atoms with Gasteiger partial charge in [-0.25, -0.2) is 0 Å². The van der Waals surface area contributed by atoms with E-state index in [1.165, 1.54) is 7.11 Å². The van der Waals surface area contributed by atoms with E-state index in [-0.39, 0.29) is 30.8 Å². The summed E-state index contributed by atoms with van der Waals surface area (Å²) in [6, 6.07) is 5.06. The molecular weight excluding hydrogens is 310 g/mol. The molecule has 0 radical (unpaired) electrons. The Hall–Kier alpha value is -1.99. The van der Waals surface area contributed by atoms with E-state index in [1.54, 1.807) is 23.1 Å². The first-order valence-corrected chi connectivity index (χ1v) is 6.63. The molecule has 0 unspecified atom stereocenters. The number of methoxy groups -OCH3 is 1. The van der Waals surface area contributed by atoms with Crippen molar-refractivity contribution in [1.82, 2.24) is 4.90 Å². The molecule has 7 nitrogen and oxygen atoms in total. The van der Waals surface area contributed by atoms with Crippen LogP contribution in [0.1, 0.15) is 5.56 Å². The number of carbonyl (C=O) groups is 1. The van der Waals surface area contributed by atoms with Crippen LogP contribution < -0.4 is 15.2 Å². The standard InChI is InChI=1S/C14H19N3O4.ClH/c1-19-11-4-2-3-10(14(15)16)13(11)21-9-12(18)17-5-7-20-8-6-17;/h2-4H,5-9H2,1H3,(H3,15,16);1H. The van der Waals surface area contributed by atoms with Crippen molar-refractivity contribution in [1.29, 1.82) is 5.41 Å². The summed E-state index contributed by atoms with van der Waals surface area (Å²) in [6.07, 6.45) is 0. The van der Waals surface area contributed by atoms with Gasteiger partial charge in [0.25, 0.3) is 5.91 Å². The molecule has 2 rings (SSSR count). The summed E-state index contributed by atoms with van der Waals surface area (Å²) in [6.45, 7) is 2.08. The molecule has 0 spiro atoms. The first-order valence-electron chi connectivity index (χ1n) is 6.63. The van der Waals surface area contributed by atoms with Crippen molar-refractivity contribution in [2.45, 2.75) is 0 Å². The van der Waals surface area contributed by atoms with Crippen molar-refractivity contribution in [3.05, 3.63) is 23.8 Å². The summed E-state index contributed by atoms with van der Waals surface area (Å²) >= 11 is 0. The highest BCUT2D eigenvalue weighted by Gasteiger charge is 2.19. The maximum atomic E-state index is 12.1. The number of rotatable bonds is 5. The monoisotopic (exact) mass is 329 g/mol. The number of nitrogens with zero attached hydrogens (tertiary/aromatic N) is 1. The molecule has 1 aromatic rings. The van der Waals surface area contributed by atoms with Gasteiger partial charge < -0.3 is 24.8 Å². The average Bonchev–Trinajstić information content (AvgIpc) is 2.52. The maximum Gasteiger partial charge on any atom is 0.260 e. The van der Waals surface area contributed by atoms with E-state index in [2.05, 4.69) is 0 Å². The van der Waals surface area contributed by atoms with Gasteiger partial charge in [-0.05, 0) is 12.1 Å². The van der Waals surface area contributed by atoms with Gasteiger partial charge in [0, 0.05) is 13.1 Å². The molecule has 1 heterocycles. The Morgan fingerprint density at radius 3 is 2.68 bits per heavy atom. The van der Waals surface area contributed by atoms with Gasteiger partial charge in [-0.3, -0.25) is 10.2 Å². The summed E-state index contributed by atoms with van der Waals surface area (Å²) in [4.78, 5) is 13.8. The number of morpholine rings is 1. The van der Waals surface area contributed by atoms with Crippen LogP contribution in [0.3, 0.4) is 0 Å². The predicted octanol–water partition coefficient (Wildman–Crippen LogP) is 0.639. The number of nitrogen functional groups attached to an aromatic ring is 1. The number of amides is 1. The van der Waals surface area contributed by atoms with E-state index in [9.17, 15) is 4.79 Å². The van der Waals surface area contributed by atoms with Gasteiger partial charge >= 0.3 is 0 Å². The Labute approximate surface area is 135 Å². The van der Waals surface area contributed by atoms with Crippen molar-refractivity contribution >= 4 is 24.1 Å². The lowest BCUT2D eigenvalue weighted by Crippen LogP contribution is -2.43. The zero-order chi connectivity index (χ0) is 15.2. The van der Waals surface area contributed by atoms with E-state index in [1.807, 2.05) is 0 Å². The van der Waals surface area contributed by atoms with Crippen LogP contribution in [0.5, 0.6) is 11.5 Å². The summed E-state index contributed by atoms with van der Waals surface area (Å²) in [5.41, 5.74) is 5.93. The van der Waals surface area contributed by atoms with Crippen LogP contribution >= 0.6 is 12.4 Å². The van der Waals surface area contributed by atoms with E-state index in [0.717, 1.165) is 0 Å². The molecule has 0 aliphatic carbocycles. The fourth-order valence-electron chi connectivity index (χ4n) is 2.08. The summed E-state index contributed by atoms with van der Waals surface area (Å²) in [5, 5.41) is 7.56. The topological polar surface area (TPSA) is 97.9 Å². The molecule has 1 saturated heterocycles. The second-order valence-electron chi connectivity index (χ2n) is 4.53. The minimum Gasteiger partial charge on any atom is -0.493 e. The van der Waals surface area contributed by atoms with Crippen molar-refractivity contribution < 1.29 is 19.0 Å². The SMILES string of the molecule is COc1cccc(C(=N)N)c1OCC(=O)N1CCOCC1.Cl. The Balaban J connectivity index is 0.00000242. The van der Waals surface area contributed by atoms with E-state index in [0.29, 0.717) is 43.4 Å². The first kappa shape index (κ1) is 18.1. The molecule has 8 heteroatoms. The highest BCUT2D eigenvalue weighted by atomic mass is 35.5. The number of hydrogen-bond donors (Lipinski definition) is 2. The molecule has 1 aromatic carbocycles. The van der Waals surface area contributed by atoms with Crippen LogP contribution in [0.2, 0.25) is 0 Å². The zero-order valence-corrected chi connectivity index (χ0v) is 13.1. The van der Waals surface area contributed by atoms with E-state index >= 15 is 0 Å². The molecule has 0 aromatic heterocycles. The third-order valence-corrected chi connectivity index (χ3v) is 3.19. The number of para-hydroxylation sites is 1. The van der Waals surface area contributed by atoms with Crippen LogP contribution in [0.15, 0.2) is 18.2 Å². The third kappa shape index (κ3) is 4.25. The smallest absolute Gasteiger partial charge is 0.260 e. The Bertz CT molecular complexity index is 533. The number of nitrogens with one attached hydrogen (secondary N) is 1. The van der Waals surface area contributed by atoms with Crippen LogP contribution in [-0.4, -0.2) is 56.7 Å². The predicted molar refractivity (Wildman–Crippen MR) is 84.2 cm³/mol. The Morgan fingerprint density at radius 1 is 1.41 bits per heavy atom. The molecule has 1 aliphatic heterocycles. The molecule has 3 N–H and O–H groups in total. The van der Waals surface area contributed by atoms with Gasteiger partial charge in [0.1, 0.15) is 5.84 Å². The van der Waals surface area contributed by atoms with Crippen LogP contribution in [-0.2, 0) is 9.53 Å². The average molecular weight is 330 g/mol. The first-order chi connectivity index (χ1) is 10.1. The number of nitrogens with two attached hydrogens (primary N) is 1. The van der Waals surface area contributed by atoms with Crippen LogP contribution in [0.4, 0.5) is 0 Å². The largest absolute Gasteiger partial charge is 0.493 e. The fourth-order valence-corrected chi connectivity index (χ4v) is 2.08. The summed E-state index contributed by atoms with van der Waals surface area (Å²) in [7, 11) is 1.50. The van der Waals surface area contributed by atoms with Gasteiger partial charge in [0.15, 0.2) is 18.1 Å². The number of amidine groups is 1. The fraction of sp³-hybridized carbons (Fsp3) is 0.429. The molecule has 22 heavy (non-hydrogen) atoms. The normalized spacial score (nSPS) is 14.0. The van der Waals surface area contributed by atoms with E-state index < -0.39 is 0 Å². The molecule has 0 atom stereocenters. The lowest BCUT2D eigenvalue weighted by molar-refractivity contribution is -0.137. The van der Waals surface area contributed by atoms with Crippen molar-refractivity contribution in [2.75, 3.05) is 40.0 Å². The third-order valence-electron chi connectivity index (χ3n) is 3.19. The Morgan fingerprint density at radius 2 is 2.09 bits per heavy atom. The molecule has 1 fully saturated rings. The van der Waals surface area contributed by atoms with Crippen LogP contribution in [0, 0.1) is 5.41 Å². The summed E-state index contributed by atoms with van der Waals surface area (Å²) < 4.78 is 15.9. The minimum absolute atomic E-state index is 0. The number of carbonyl (C=O) groups excluding carboxylic acids is 1. The number of hydrogen-bond acceptors (Lipinski definition) is 5. The quantitative estimate of drug-likeness (QED) is 0.610. The summed E-state index contributed by atoms with van der Waals surface area (Å²) in [5.74, 6) is 0.494. The second-order valence-corrected chi connectivity index (χ2v) is 4.53. The highest BCUT2D eigenvalue weighted by Crippen LogP contribution is 2.30. The number of benzene rings is 1. The van der Waals surface area contributed by atoms with Gasteiger partial charge in [-0.1, -0.05) is 6.07 Å². The van der Waals surface area contributed by atoms with Gasteiger partial charge in [-0.15, -0.1) is 12.4 Å². The maximum absolute atomic E-state index is 12.1. The van der Waals surface area contributed by atoms with Crippen molar-refractivity contribution in [2.24, 2.45) is 5.73 Å². The van der Waals surface area contributed by atoms with E-state index in [4.69, 9.17) is 25.4 Å². The van der Waals surface area contributed by atoms with Crippen LogP contribution in [0.25, 0.3) is 0 Å². The molecule has 122 valence electrons.